The Morgan fingerprint density at radius 2 is 2.10 bits per heavy atom. The quantitative estimate of drug-likeness (QED) is 0.661. The van der Waals surface area contributed by atoms with Gasteiger partial charge < -0.3 is 19.5 Å². The first kappa shape index (κ1) is 14.0. The third-order valence-electron chi connectivity index (χ3n) is 2.65. The van der Waals surface area contributed by atoms with E-state index in [1.54, 1.807) is 39.2 Å². The average Bonchev–Trinajstić information content (AvgIpc) is 2.43. The smallest absolute Gasteiger partial charge is 0.433 e. The molecule has 0 radical (unpaired) electrons. The highest BCUT2D eigenvalue weighted by atomic mass is 16.7. The normalized spacial score (nSPS) is 17.5. The van der Waals surface area contributed by atoms with E-state index in [0.717, 1.165) is 0 Å². The van der Waals surface area contributed by atoms with E-state index in [1.165, 1.54) is 7.05 Å². The molecule has 0 saturated heterocycles. The van der Waals surface area contributed by atoms with Crippen LogP contribution in [-0.2, 0) is 4.84 Å². The van der Waals surface area contributed by atoms with Crippen molar-refractivity contribution in [2.24, 2.45) is 5.16 Å². The molecule has 108 valence electrons. The van der Waals surface area contributed by atoms with Gasteiger partial charge in [0.05, 0.1) is 7.11 Å². The number of nitrogens with one attached hydrogen (secondary N) is 1. The Labute approximate surface area is 116 Å². The summed E-state index contributed by atoms with van der Waals surface area (Å²) in [5.41, 5.74) is -0.852. The fourth-order valence-electron chi connectivity index (χ4n) is 1.58. The average molecular weight is 280 g/mol. The van der Waals surface area contributed by atoms with E-state index in [9.17, 15) is 4.79 Å². The van der Waals surface area contributed by atoms with Gasteiger partial charge in [-0.15, -0.1) is 0 Å². The molecule has 1 aromatic rings. The van der Waals surface area contributed by atoms with Crippen molar-refractivity contribution in [2.75, 3.05) is 14.2 Å². The maximum absolute atomic E-state index is 11.1. The maximum Gasteiger partial charge on any atom is 0.433 e. The third-order valence-corrected chi connectivity index (χ3v) is 2.65. The van der Waals surface area contributed by atoms with Crippen molar-refractivity contribution in [3.8, 4) is 17.2 Å². The Balaban J connectivity index is 2.29. The van der Waals surface area contributed by atoms with Gasteiger partial charge in [0.15, 0.2) is 17.1 Å². The molecule has 0 saturated carbocycles. The zero-order valence-corrected chi connectivity index (χ0v) is 11.7. The minimum atomic E-state index is -0.852. The summed E-state index contributed by atoms with van der Waals surface area (Å²) in [7, 11) is 2.99. The molecule has 0 aromatic heterocycles. The number of amides is 1. The van der Waals surface area contributed by atoms with Crippen molar-refractivity contribution in [3.63, 3.8) is 0 Å². The van der Waals surface area contributed by atoms with Crippen LogP contribution in [0.15, 0.2) is 23.4 Å². The van der Waals surface area contributed by atoms with Gasteiger partial charge in [-0.1, -0.05) is 0 Å². The summed E-state index contributed by atoms with van der Waals surface area (Å²) in [6.45, 7) is 3.51. The molecule has 1 N–H and O–H groups in total. The lowest BCUT2D eigenvalue weighted by Gasteiger charge is -2.32. The maximum atomic E-state index is 11.1. The molecular weight excluding hydrogens is 264 g/mol. The van der Waals surface area contributed by atoms with E-state index >= 15 is 0 Å². The minimum Gasteiger partial charge on any atom is -0.497 e. The van der Waals surface area contributed by atoms with Gasteiger partial charge in [-0.3, -0.25) is 4.84 Å². The second-order valence-corrected chi connectivity index (χ2v) is 4.55. The van der Waals surface area contributed by atoms with Gasteiger partial charge in [-0.2, -0.15) is 0 Å². The number of hydrogen-bond acceptors (Lipinski definition) is 6. The molecule has 1 heterocycles. The standard InChI is InChI=1S/C13H16N2O5/c1-13(2)11(15-20-12(16)14-3)18-10-7-8(17-4)5-6-9(10)19-13/h5-7H,1-4H3,(H,14,16). The van der Waals surface area contributed by atoms with E-state index in [2.05, 4.69) is 15.3 Å². The Kier molecular flexibility index (Phi) is 3.69. The third kappa shape index (κ3) is 2.76. The number of oxime groups is 1. The number of hydrogen-bond donors (Lipinski definition) is 1. The Bertz CT molecular complexity index is 554. The number of nitrogens with zero attached hydrogens (tertiary/aromatic N) is 1. The first-order valence-corrected chi connectivity index (χ1v) is 5.98. The second-order valence-electron chi connectivity index (χ2n) is 4.55. The highest BCUT2D eigenvalue weighted by molar-refractivity contribution is 5.89. The van der Waals surface area contributed by atoms with Gasteiger partial charge in [0.2, 0.25) is 0 Å². The highest BCUT2D eigenvalue weighted by Gasteiger charge is 2.37. The van der Waals surface area contributed by atoms with E-state index < -0.39 is 11.7 Å². The summed E-state index contributed by atoms with van der Waals surface area (Å²) in [6.07, 6.45) is -0.687. The number of ether oxygens (including phenoxy) is 3. The molecule has 1 aromatic carbocycles. The van der Waals surface area contributed by atoms with Crippen LogP contribution in [0.25, 0.3) is 0 Å². The number of benzene rings is 1. The topological polar surface area (TPSA) is 78.4 Å². The van der Waals surface area contributed by atoms with Crippen LogP contribution in [-0.4, -0.2) is 31.7 Å². The molecule has 7 heteroatoms. The van der Waals surface area contributed by atoms with Crippen molar-refractivity contribution in [1.29, 1.82) is 0 Å². The lowest BCUT2D eigenvalue weighted by atomic mass is 10.1. The van der Waals surface area contributed by atoms with Crippen LogP contribution in [0.4, 0.5) is 4.79 Å². The molecule has 1 aliphatic heterocycles. The number of methoxy groups -OCH3 is 1. The summed E-state index contributed by atoms with van der Waals surface area (Å²) in [4.78, 5) is 15.7. The molecule has 1 amide bonds. The number of carbonyl (C=O) groups excluding carboxylic acids is 1. The fourth-order valence-corrected chi connectivity index (χ4v) is 1.58. The Hall–Kier alpha value is -2.44. The minimum absolute atomic E-state index is 0.141. The zero-order valence-electron chi connectivity index (χ0n) is 11.7. The van der Waals surface area contributed by atoms with Crippen LogP contribution in [0.5, 0.6) is 17.2 Å². The van der Waals surface area contributed by atoms with E-state index in [1.807, 2.05) is 0 Å². The summed E-state index contributed by atoms with van der Waals surface area (Å²) >= 11 is 0. The number of fused-ring (bicyclic) bond motifs is 1. The molecule has 2 rings (SSSR count). The van der Waals surface area contributed by atoms with Crippen molar-refractivity contribution >= 4 is 12.0 Å². The molecule has 0 spiro atoms. The predicted octanol–water partition coefficient (Wildman–Crippen LogP) is 1.91. The van der Waals surface area contributed by atoms with Crippen LogP contribution < -0.4 is 19.5 Å². The molecule has 7 nitrogen and oxygen atoms in total. The largest absolute Gasteiger partial charge is 0.497 e. The first-order chi connectivity index (χ1) is 9.46. The molecule has 0 bridgehead atoms. The summed E-state index contributed by atoms with van der Waals surface area (Å²) in [6, 6.07) is 5.17. The summed E-state index contributed by atoms with van der Waals surface area (Å²) < 4.78 is 16.5. The molecule has 20 heavy (non-hydrogen) atoms. The van der Waals surface area contributed by atoms with Gasteiger partial charge >= 0.3 is 6.09 Å². The molecule has 1 aliphatic rings. The van der Waals surface area contributed by atoms with Crippen LogP contribution in [0.2, 0.25) is 0 Å². The van der Waals surface area contributed by atoms with Crippen LogP contribution in [0, 0.1) is 0 Å². The SMILES string of the molecule is CNC(=O)ON=C1Oc2cc(OC)ccc2OC1(C)C. The van der Waals surface area contributed by atoms with Crippen LogP contribution in [0.3, 0.4) is 0 Å². The van der Waals surface area contributed by atoms with Gasteiger partial charge in [-0.05, 0) is 31.1 Å². The lowest BCUT2D eigenvalue weighted by Crippen LogP contribution is -2.45. The van der Waals surface area contributed by atoms with Crippen LogP contribution >= 0.6 is 0 Å². The predicted molar refractivity (Wildman–Crippen MR) is 71.3 cm³/mol. The van der Waals surface area contributed by atoms with Gasteiger partial charge in [-0.25, -0.2) is 4.79 Å². The molecule has 0 aliphatic carbocycles. The Morgan fingerprint density at radius 1 is 1.35 bits per heavy atom. The van der Waals surface area contributed by atoms with E-state index in [-0.39, 0.29) is 5.90 Å². The highest BCUT2D eigenvalue weighted by Crippen LogP contribution is 2.38. The van der Waals surface area contributed by atoms with Gasteiger partial charge in [0.1, 0.15) is 5.75 Å². The Morgan fingerprint density at radius 3 is 2.75 bits per heavy atom. The molecule has 0 fully saturated rings. The zero-order chi connectivity index (χ0) is 14.8. The summed E-state index contributed by atoms with van der Waals surface area (Å²) in [5.74, 6) is 1.78. The van der Waals surface area contributed by atoms with Crippen molar-refractivity contribution < 1.29 is 23.8 Å². The lowest BCUT2D eigenvalue weighted by molar-refractivity contribution is 0.115. The number of carbonyl (C=O) groups is 1. The van der Waals surface area contributed by atoms with Crippen molar-refractivity contribution in [3.05, 3.63) is 18.2 Å². The molecule has 0 atom stereocenters. The van der Waals surface area contributed by atoms with Crippen molar-refractivity contribution in [1.82, 2.24) is 5.32 Å². The molecule has 0 unspecified atom stereocenters. The van der Waals surface area contributed by atoms with Gasteiger partial charge in [0.25, 0.3) is 5.90 Å². The van der Waals surface area contributed by atoms with E-state index in [4.69, 9.17) is 14.2 Å². The second kappa shape index (κ2) is 5.28. The van der Waals surface area contributed by atoms with Gasteiger partial charge in [0, 0.05) is 13.1 Å². The number of rotatable bonds is 2. The van der Waals surface area contributed by atoms with Crippen molar-refractivity contribution in [2.45, 2.75) is 19.4 Å². The monoisotopic (exact) mass is 280 g/mol. The summed E-state index contributed by atoms with van der Waals surface area (Å²) in [5, 5.41) is 5.96. The molecular formula is C13H16N2O5. The fraction of sp³-hybridized carbons (Fsp3) is 0.385. The first-order valence-electron chi connectivity index (χ1n) is 5.98. The van der Waals surface area contributed by atoms with E-state index in [0.29, 0.717) is 17.2 Å². The van der Waals surface area contributed by atoms with Crippen LogP contribution in [0.1, 0.15) is 13.8 Å².